The molecule has 1 aromatic rings. The van der Waals surface area contributed by atoms with Gasteiger partial charge in [-0.25, -0.2) is 4.39 Å². The Balaban J connectivity index is 2.15. The van der Waals surface area contributed by atoms with Crippen LogP contribution in [-0.4, -0.2) is 29.1 Å². The van der Waals surface area contributed by atoms with Gasteiger partial charge in [-0.3, -0.25) is 0 Å². The molecule has 0 bridgehead atoms. The molecule has 1 saturated heterocycles. The van der Waals surface area contributed by atoms with Crippen LogP contribution in [0.4, 0.5) is 4.39 Å². The van der Waals surface area contributed by atoms with Gasteiger partial charge in [-0.2, -0.15) is 0 Å². The summed E-state index contributed by atoms with van der Waals surface area (Å²) in [6.07, 6.45) is 1.21. The summed E-state index contributed by atoms with van der Waals surface area (Å²) in [4.78, 5) is 2.31. The van der Waals surface area contributed by atoms with Crippen LogP contribution < -0.4 is 0 Å². The average Bonchev–Trinajstić information content (AvgIpc) is 2.30. The fourth-order valence-electron chi connectivity index (χ4n) is 2.52. The maximum atomic E-state index is 13.7. The van der Waals surface area contributed by atoms with Crippen LogP contribution in [0.25, 0.3) is 0 Å². The minimum atomic E-state index is -0.989. The van der Waals surface area contributed by atoms with Crippen molar-refractivity contribution in [2.24, 2.45) is 0 Å². The topological polar surface area (TPSA) is 23.5 Å². The zero-order valence-electron chi connectivity index (χ0n) is 10.5. The van der Waals surface area contributed by atoms with Crippen molar-refractivity contribution in [1.29, 1.82) is 0 Å². The molecule has 1 fully saturated rings. The highest BCUT2D eigenvalue weighted by Gasteiger charge is 2.36. The van der Waals surface area contributed by atoms with Crippen LogP contribution in [0.2, 0.25) is 0 Å². The first-order valence-electron chi connectivity index (χ1n) is 6.24. The van der Waals surface area contributed by atoms with E-state index in [1.807, 2.05) is 0 Å². The van der Waals surface area contributed by atoms with Gasteiger partial charge in [0.25, 0.3) is 0 Å². The second-order valence-corrected chi connectivity index (χ2v) is 5.14. The Labute approximate surface area is 102 Å². The maximum Gasteiger partial charge on any atom is 0.129 e. The summed E-state index contributed by atoms with van der Waals surface area (Å²) < 4.78 is 13.7. The average molecular weight is 237 g/mol. The monoisotopic (exact) mass is 237 g/mol. The van der Waals surface area contributed by atoms with Gasteiger partial charge in [0, 0.05) is 24.7 Å². The molecule has 0 spiro atoms. The van der Waals surface area contributed by atoms with Crippen LogP contribution in [0.15, 0.2) is 24.3 Å². The SMILES string of the molecule is CC(C)N1CCC(O)(c2ccccc2F)CC1. The second-order valence-electron chi connectivity index (χ2n) is 5.14. The van der Waals surface area contributed by atoms with Gasteiger partial charge < -0.3 is 10.0 Å². The largest absolute Gasteiger partial charge is 0.385 e. The molecule has 1 aromatic carbocycles. The molecule has 1 aliphatic heterocycles. The smallest absolute Gasteiger partial charge is 0.129 e. The minimum absolute atomic E-state index is 0.298. The van der Waals surface area contributed by atoms with Crippen LogP contribution in [0.1, 0.15) is 32.3 Å². The van der Waals surface area contributed by atoms with Gasteiger partial charge in [0.05, 0.1) is 5.60 Å². The molecule has 0 amide bonds. The predicted molar refractivity (Wildman–Crippen MR) is 66.2 cm³/mol. The van der Waals surface area contributed by atoms with Crippen molar-refractivity contribution in [3.63, 3.8) is 0 Å². The fraction of sp³-hybridized carbons (Fsp3) is 0.571. The van der Waals surface area contributed by atoms with Gasteiger partial charge in [-0.15, -0.1) is 0 Å². The minimum Gasteiger partial charge on any atom is -0.385 e. The summed E-state index contributed by atoms with van der Waals surface area (Å²) in [6, 6.07) is 7.04. The number of halogens is 1. The lowest BCUT2D eigenvalue weighted by atomic mass is 9.84. The first kappa shape index (κ1) is 12.5. The van der Waals surface area contributed by atoms with E-state index in [1.165, 1.54) is 6.07 Å². The van der Waals surface area contributed by atoms with E-state index in [0.29, 0.717) is 24.4 Å². The third-order valence-corrected chi connectivity index (χ3v) is 3.73. The molecule has 17 heavy (non-hydrogen) atoms. The highest BCUT2D eigenvalue weighted by atomic mass is 19.1. The van der Waals surface area contributed by atoms with Gasteiger partial charge in [0.15, 0.2) is 0 Å². The standard InChI is InChI=1S/C14H20FNO/c1-11(2)16-9-7-14(17,8-10-16)12-5-3-4-6-13(12)15/h3-6,11,17H,7-10H2,1-2H3. The quantitative estimate of drug-likeness (QED) is 0.854. The Morgan fingerprint density at radius 1 is 1.24 bits per heavy atom. The van der Waals surface area contributed by atoms with Crippen LogP contribution >= 0.6 is 0 Å². The van der Waals surface area contributed by atoms with E-state index >= 15 is 0 Å². The van der Waals surface area contributed by atoms with Crippen LogP contribution in [0.5, 0.6) is 0 Å². The first-order chi connectivity index (χ1) is 8.03. The van der Waals surface area contributed by atoms with Crippen molar-refractivity contribution in [3.05, 3.63) is 35.6 Å². The number of likely N-dealkylation sites (tertiary alicyclic amines) is 1. The van der Waals surface area contributed by atoms with Gasteiger partial charge in [-0.1, -0.05) is 18.2 Å². The van der Waals surface area contributed by atoms with Gasteiger partial charge in [-0.05, 0) is 32.8 Å². The highest BCUT2D eigenvalue weighted by molar-refractivity contribution is 5.25. The molecule has 0 radical (unpaired) electrons. The van der Waals surface area contributed by atoms with Crippen LogP contribution in [0.3, 0.4) is 0 Å². The molecular weight excluding hydrogens is 217 g/mol. The summed E-state index contributed by atoms with van der Waals surface area (Å²) >= 11 is 0. The zero-order valence-corrected chi connectivity index (χ0v) is 10.5. The van der Waals surface area contributed by atoms with E-state index in [1.54, 1.807) is 18.2 Å². The number of nitrogens with zero attached hydrogens (tertiary/aromatic N) is 1. The molecule has 0 aromatic heterocycles. The number of aliphatic hydroxyl groups is 1. The van der Waals surface area contributed by atoms with Crippen molar-refractivity contribution in [2.45, 2.75) is 38.3 Å². The summed E-state index contributed by atoms with van der Waals surface area (Å²) in [6.45, 7) is 5.94. The number of hydrogen-bond donors (Lipinski definition) is 1. The molecule has 94 valence electrons. The second kappa shape index (κ2) is 4.75. The van der Waals surface area contributed by atoms with Crippen molar-refractivity contribution in [1.82, 2.24) is 4.90 Å². The van der Waals surface area contributed by atoms with E-state index in [9.17, 15) is 9.50 Å². The molecule has 1 heterocycles. The summed E-state index contributed by atoms with van der Waals surface area (Å²) in [5.74, 6) is -0.298. The Bertz CT molecular complexity index is 384. The van der Waals surface area contributed by atoms with E-state index in [-0.39, 0.29) is 5.82 Å². The number of benzene rings is 1. The van der Waals surface area contributed by atoms with Gasteiger partial charge in [0.1, 0.15) is 5.82 Å². The highest BCUT2D eigenvalue weighted by Crippen LogP contribution is 2.34. The van der Waals surface area contributed by atoms with E-state index < -0.39 is 5.60 Å². The fourth-order valence-corrected chi connectivity index (χ4v) is 2.52. The molecule has 1 aliphatic rings. The molecule has 0 saturated carbocycles. The predicted octanol–water partition coefficient (Wildman–Crippen LogP) is 2.52. The molecular formula is C14H20FNO. The van der Waals surface area contributed by atoms with Crippen LogP contribution in [0, 0.1) is 5.82 Å². The van der Waals surface area contributed by atoms with Crippen molar-refractivity contribution in [3.8, 4) is 0 Å². The lowest BCUT2D eigenvalue weighted by Crippen LogP contribution is -2.45. The number of hydrogen-bond acceptors (Lipinski definition) is 2. The van der Waals surface area contributed by atoms with Crippen molar-refractivity contribution < 1.29 is 9.50 Å². The van der Waals surface area contributed by atoms with E-state index in [2.05, 4.69) is 18.7 Å². The van der Waals surface area contributed by atoms with Crippen LogP contribution in [-0.2, 0) is 5.60 Å². The first-order valence-corrected chi connectivity index (χ1v) is 6.24. The summed E-state index contributed by atoms with van der Waals surface area (Å²) in [5.41, 5.74) is -0.542. The molecule has 0 aliphatic carbocycles. The Morgan fingerprint density at radius 3 is 2.35 bits per heavy atom. The van der Waals surface area contributed by atoms with Crippen molar-refractivity contribution >= 4 is 0 Å². The Morgan fingerprint density at radius 2 is 1.82 bits per heavy atom. The zero-order chi connectivity index (χ0) is 12.5. The molecule has 1 N–H and O–H groups in total. The number of piperidine rings is 1. The maximum absolute atomic E-state index is 13.7. The Hall–Kier alpha value is -0.930. The molecule has 2 rings (SSSR count). The Kier molecular flexibility index (Phi) is 3.50. The molecule has 0 atom stereocenters. The van der Waals surface area contributed by atoms with Crippen molar-refractivity contribution in [2.75, 3.05) is 13.1 Å². The summed E-state index contributed by atoms with van der Waals surface area (Å²) in [5, 5.41) is 10.6. The molecule has 0 unspecified atom stereocenters. The number of rotatable bonds is 2. The van der Waals surface area contributed by atoms with Gasteiger partial charge >= 0.3 is 0 Å². The van der Waals surface area contributed by atoms with E-state index in [0.717, 1.165) is 13.1 Å². The van der Waals surface area contributed by atoms with E-state index in [4.69, 9.17) is 0 Å². The lowest BCUT2D eigenvalue weighted by molar-refractivity contribution is -0.0347. The third kappa shape index (κ3) is 2.50. The summed E-state index contributed by atoms with van der Waals surface area (Å²) in [7, 11) is 0. The molecule has 2 nitrogen and oxygen atoms in total. The normalized spacial score (nSPS) is 20.8. The van der Waals surface area contributed by atoms with Gasteiger partial charge in [0.2, 0.25) is 0 Å². The lowest BCUT2D eigenvalue weighted by Gasteiger charge is -2.40. The molecule has 3 heteroatoms. The third-order valence-electron chi connectivity index (χ3n) is 3.73.